The molecule has 0 saturated carbocycles. The Balaban J connectivity index is 1.94. The van der Waals surface area contributed by atoms with Gasteiger partial charge in [0.15, 0.2) is 0 Å². The Morgan fingerprint density at radius 1 is 1.25 bits per heavy atom. The lowest BCUT2D eigenvalue weighted by Gasteiger charge is -2.39. The van der Waals surface area contributed by atoms with E-state index in [0.29, 0.717) is 32.6 Å². The summed E-state index contributed by atoms with van der Waals surface area (Å²) >= 11 is 1.67. The predicted molar refractivity (Wildman–Crippen MR) is 95.5 cm³/mol. The van der Waals surface area contributed by atoms with E-state index < -0.39 is 5.41 Å². The highest BCUT2D eigenvalue weighted by Gasteiger charge is 2.45. The average molecular weight is 345 g/mol. The van der Waals surface area contributed by atoms with Crippen molar-refractivity contribution >= 4 is 17.2 Å². The minimum absolute atomic E-state index is 0.142. The zero-order valence-electron chi connectivity index (χ0n) is 14.2. The third-order valence-electron chi connectivity index (χ3n) is 4.70. The lowest BCUT2D eigenvalue weighted by Crippen LogP contribution is -2.48. The normalized spacial score (nSPS) is 16.6. The highest BCUT2D eigenvalue weighted by molar-refractivity contribution is 7.09. The van der Waals surface area contributed by atoms with Gasteiger partial charge in [-0.2, -0.15) is 0 Å². The van der Waals surface area contributed by atoms with E-state index in [9.17, 15) is 4.79 Å². The fourth-order valence-corrected chi connectivity index (χ4v) is 4.19. The van der Waals surface area contributed by atoms with Gasteiger partial charge in [0.05, 0.1) is 19.1 Å². The van der Waals surface area contributed by atoms with Crippen molar-refractivity contribution < 1.29 is 14.3 Å². The standard InChI is InChI=1S/C19H23NO3S/c1-20(14-15-6-5-13-24-15)18(21)19(9-11-23-12-10-19)16-7-3-4-8-17(16)22-2/h3-8,13H,9-12,14H2,1-2H3. The number of nitrogens with zero attached hydrogens (tertiary/aromatic N) is 1. The maximum absolute atomic E-state index is 13.4. The SMILES string of the molecule is COc1ccccc1C1(C(=O)N(C)Cc2cccs2)CCOCC1. The molecule has 0 radical (unpaired) electrons. The first-order chi connectivity index (χ1) is 11.7. The number of hydrogen-bond acceptors (Lipinski definition) is 4. The number of likely N-dealkylation sites (N-methyl/N-ethyl adjacent to an activating group) is 1. The van der Waals surface area contributed by atoms with Crippen LogP contribution in [-0.4, -0.2) is 38.2 Å². The van der Waals surface area contributed by atoms with E-state index in [0.717, 1.165) is 11.3 Å². The maximum atomic E-state index is 13.4. The fourth-order valence-electron chi connectivity index (χ4n) is 3.43. The molecule has 2 heterocycles. The molecule has 0 N–H and O–H groups in total. The average Bonchev–Trinajstić information content (AvgIpc) is 3.14. The third-order valence-corrected chi connectivity index (χ3v) is 5.56. The van der Waals surface area contributed by atoms with E-state index in [1.807, 2.05) is 47.7 Å². The molecular formula is C19H23NO3S. The number of hydrogen-bond donors (Lipinski definition) is 0. The molecule has 24 heavy (non-hydrogen) atoms. The van der Waals surface area contributed by atoms with Gasteiger partial charge in [0.25, 0.3) is 0 Å². The van der Waals surface area contributed by atoms with Gasteiger partial charge in [0.2, 0.25) is 5.91 Å². The Morgan fingerprint density at radius 2 is 2.00 bits per heavy atom. The summed E-state index contributed by atoms with van der Waals surface area (Å²) in [5.74, 6) is 0.918. The van der Waals surface area contributed by atoms with E-state index in [4.69, 9.17) is 9.47 Å². The maximum Gasteiger partial charge on any atom is 0.233 e. The Hall–Kier alpha value is -1.85. The van der Waals surface area contributed by atoms with Gasteiger partial charge in [-0.25, -0.2) is 0 Å². The molecule has 0 spiro atoms. The largest absolute Gasteiger partial charge is 0.496 e. The molecule has 128 valence electrons. The van der Waals surface area contributed by atoms with Gasteiger partial charge >= 0.3 is 0 Å². The first kappa shape index (κ1) is 17.0. The topological polar surface area (TPSA) is 38.8 Å². The number of para-hydroxylation sites is 1. The second kappa shape index (κ2) is 7.36. The number of rotatable bonds is 5. The second-order valence-electron chi connectivity index (χ2n) is 6.14. The van der Waals surface area contributed by atoms with Crippen LogP contribution in [0, 0.1) is 0 Å². The number of benzene rings is 1. The van der Waals surface area contributed by atoms with Gasteiger partial charge in [0, 0.05) is 30.7 Å². The van der Waals surface area contributed by atoms with E-state index in [2.05, 4.69) is 6.07 Å². The quantitative estimate of drug-likeness (QED) is 0.833. The van der Waals surface area contributed by atoms with Gasteiger partial charge in [0.1, 0.15) is 5.75 Å². The van der Waals surface area contributed by atoms with Crippen LogP contribution < -0.4 is 4.74 Å². The molecule has 1 aromatic carbocycles. The van der Waals surface area contributed by atoms with Gasteiger partial charge in [-0.15, -0.1) is 11.3 Å². The molecule has 5 heteroatoms. The zero-order chi connectivity index (χ0) is 17.0. The molecule has 0 atom stereocenters. The molecule has 1 aliphatic heterocycles. The Kier molecular flexibility index (Phi) is 5.21. The Morgan fingerprint density at radius 3 is 2.67 bits per heavy atom. The molecule has 0 aliphatic carbocycles. The summed E-state index contributed by atoms with van der Waals surface area (Å²) in [5.41, 5.74) is 0.399. The van der Waals surface area contributed by atoms with Gasteiger partial charge in [-0.3, -0.25) is 4.79 Å². The Bertz CT molecular complexity index is 678. The van der Waals surface area contributed by atoms with E-state index in [1.54, 1.807) is 18.4 Å². The Labute approximate surface area is 147 Å². The van der Waals surface area contributed by atoms with Gasteiger partial charge in [-0.1, -0.05) is 24.3 Å². The van der Waals surface area contributed by atoms with Crippen molar-refractivity contribution in [3.63, 3.8) is 0 Å². The molecule has 1 aliphatic rings. The van der Waals surface area contributed by atoms with Crippen LogP contribution in [0.1, 0.15) is 23.3 Å². The van der Waals surface area contributed by atoms with Crippen LogP contribution in [0.4, 0.5) is 0 Å². The molecule has 4 nitrogen and oxygen atoms in total. The summed E-state index contributed by atoms with van der Waals surface area (Å²) in [4.78, 5) is 16.5. The zero-order valence-corrected chi connectivity index (χ0v) is 15.0. The van der Waals surface area contributed by atoms with Gasteiger partial charge in [-0.05, 0) is 30.4 Å². The van der Waals surface area contributed by atoms with Crippen molar-refractivity contribution in [3.05, 3.63) is 52.2 Å². The molecule has 1 aromatic heterocycles. The molecule has 0 bridgehead atoms. The third kappa shape index (κ3) is 3.19. The summed E-state index contributed by atoms with van der Waals surface area (Å²) in [6.45, 7) is 1.82. The van der Waals surface area contributed by atoms with Crippen LogP contribution in [0.5, 0.6) is 5.75 Å². The number of carbonyl (C=O) groups is 1. The van der Waals surface area contributed by atoms with Crippen LogP contribution in [-0.2, 0) is 21.5 Å². The van der Waals surface area contributed by atoms with Crippen LogP contribution in [0.25, 0.3) is 0 Å². The van der Waals surface area contributed by atoms with Crippen molar-refractivity contribution in [3.8, 4) is 5.75 Å². The number of methoxy groups -OCH3 is 1. The smallest absolute Gasteiger partial charge is 0.233 e. The molecule has 2 aromatic rings. The summed E-state index contributed by atoms with van der Waals surface area (Å²) in [6, 6.07) is 11.9. The molecule has 3 rings (SSSR count). The highest BCUT2D eigenvalue weighted by Crippen LogP contribution is 2.41. The lowest BCUT2D eigenvalue weighted by atomic mass is 9.72. The van der Waals surface area contributed by atoms with Crippen molar-refractivity contribution in [2.24, 2.45) is 0 Å². The summed E-state index contributed by atoms with van der Waals surface area (Å²) in [7, 11) is 3.54. The van der Waals surface area contributed by atoms with E-state index >= 15 is 0 Å². The molecule has 1 amide bonds. The number of carbonyl (C=O) groups excluding carboxylic acids is 1. The minimum Gasteiger partial charge on any atom is -0.496 e. The van der Waals surface area contributed by atoms with Crippen molar-refractivity contribution in [2.75, 3.05) is 27.4 Å². The minimum atomic E-state index is -0.573. The van der Waals surface area contributed by atoms with E-state index in [1.165, 1.54) is 4.88 Å². The van der Waals surface area contributed by atoms with Crippen LogP contribution in [0.3, 0.4) is 0 Å². The molecule has 1 saturated heterocycles. The van der Waals surface area contributed by atoms with Crippen molar-refractivity contribution in [1.29, 1.82) is 0 Å². The number of amides is 1. The monoisotopic (exact) mass is 345 g/mol. The fraction of sp³-hybridized carbons (Fsp3) is 0.421. The lowest BCUT2D eigenvalue weighted by molar-refractivity contribution is -0.140. The van der Waals surface area contributed by atoms with Gasteiger partial charge < -0.3 is 14.4 Å². The first-order valence-electron chi connectivity index (χ1n) is 8.16. The molecular weight excluding hydrogens is 322 g/mol. The predicted octanol–water partition coefficient (Wildman–Crippen LogP) is 3.46. The number of ether oxygens (including phenoxy) is 2. The second-order valence-corrected chi connectivity index (χ2v) is 7.17. The molecule has 0 unspecified atom stereocenters. The highest BCUT2D eigenvalue weighted by atomic mass is 32.1. The van der Waals surface area contributed by atoms with Crippen LogP contribution in [0.15, 0.2) is 41.8 Å². The summed E-state index contributed by atoms with van der Waals surface area (Å²) in [5, 5.41) is 2.04. The van der Waals surface area contributed by atoms with Crippen molar-refractivity contribution in [1.82, 2.24) is 4.90 Å². The van der Waals surface area contributed by atoms with Crippen molar-refractivity contribution in [2.45, 2.75) is 24.8 Å². The number of thiophene rings is 1. The molecule has 1 fully saturated rings. The first-order valence-corrected chi connectivity index (χ1v) is 9.04. The summed E-state index contributed by atoms with van der Waals surface area (Å²) in [6.07, 6.45) is 1.36. The van der Waals surface area contributed by atoms with Crippen LogP contribution >= 0.6 is 11.3 Å². The summed E-state index contributed by atoms with van der Waals surface area (Å²) < 4.78 is 11.1. The van der Waals surface area contributed by atoms with E-state index in [-0.39, 0.29) is 5.91 Å². The van der Waals surface area contributed by atoms with Crippen LogP contribution in [0.2, 0.25) is 0 Å².